The Hall–Kier alpha value is -2.54. The van der Waals surface area contributed by atoms with Gasteiger partial charge in [0, 0.05) is 12.1 Å². The van der Waals surface area contributed by atoms with Crippen LogP contribution in [-0.2, 0) is 0 Å². The molecule has 0 amide bonds. The van der Waals surface area contributed by atoms with E-state index in [1.807, 2.05) is 0 Å². The fraction of sp³-hybridized carbons (Fsp3) is 0. The largest absolute Gasteiger partial charge is 0.284 e. The maximum Gasteiger partial charge on any atom is 0.284 e. The molecule has 0 saturated heterocycles. The topological polar surface area (TPSA) is 86.3 Å². The fourth-order valence-electron chi connectivity index (χ4n) is 1.77. The van der Waals surface area contributed by atoms with Gasteiger partial charge in [0.1, 0.15) is 0 Å². The van der Waals surface area contributed by atoms with Crippen LogP contribution >= 0.6 is 15.9 Å². The molecule has 106 valence electrons. The molecule has 0 aromatic heterocycles. The minimum atomic E-state index is -0.546. The normalized spacial score (nSPS) is 11.2. The Morgan fingerprint density at radius 1 is 1.05 bits per heavy atom. The Morgan fingerprint density at radius 2 is 1.71 bits per heavy atom. The summed E-state index contributed by atoms with van der Waals surface area (Å²) in [6, 6.07) is 12.7. The van der Waals surface area contributed by atoms with Crippen LogP contribution in [0.4, 0.5) is 5.69 Å². The SMILES string of the molecule is O=[N+]([O-])C(=Cc1ccc(Br)c([N+](=O)[O-])c1)c1ccccc1. The number of nitro benzene ring substituents is 1. The van der Waals surface area contributed by atoms with Crippen molar-refractivity contribution in [3.63, 3.8) is 0 Å². The monoisotopic (exact) mass is 348 g/mol. The van der Waals surface area contributed by atoms with E-state index in [1.165, 1.54) is 18.2 Å². The lowest BCUT2D eigenvalue weighted by atomic mass is 10.1. The van der Waals surface area contributed by atoms with Crippen molar-refractivity contribution in [2.45, 2.75) is 0 Å². The third-order valence-electron chi connectivity index (χ3n) is 2.74. The van der Waals surface area contributed by atoms with Gasteiger partial charge in [-0.25, -0.2) is 0 Å². The van der Waals surface area contributed by atoms with Gasteiger partial charge < -0.3 is 0 Å². The van der Waals surface area contributed by atoms with Crippen molar-refractivity contribution in [3.05, 3.63) is 84.4 Å². The highest BCUT2D eigenvalue weighted by atomic mass is 79.9. The zero-order chi connectivity index (χ0) is 15.4. The second-order valence-electron chi connectivity index (χ2n) is 4.12. The van der Waals surface area contributed by atoms with Crippen molar-refractivity contribution in [2.24, 2.45) is 0 Å². The van der Waals surface area contributed by atoms with Crippen LogP contribution in [0.5, 0.6) is 0 Å². The molecule has 0 unspecified atom stereocenters. The molecule has 0 saturated carbocycles. The molecule has 2 rings (SSSR count). The second kappa shape index (κ2) is 6.27. The van der Waals surface area contributed by atoms with Gasteiger partial charge in [0.15, 0.2) is 0 Å². The molecule has 0 radical (unpaired) electrons. The first-order valence-electron chi connectivity index (χ1n) is 5.84. The van der Waals surface area contributed by atoms with Crippen molar-refractivity contribution in [1.82, 2.24) is 0 Å². The average molecular weight is 349 g/mol. The minimum Gasteiger partial charge on any atom is -0.258 e. The number of rotatable bonds is 4. The Morgan fingerprint density at radius 3 is 2.29 bits per heavy atom. The Bertz CT molecular complexity index is 729. The molecule has 21 heavy (non-hydrogen) atoms. The van der Waals surface area contributed by atoms with Crippen LogP contribution in [-0.4, -0.2) is 9.85 Å². The van der Waals surface area contributed by atoms with E-state index in [-0.39, 0.29) is 11.4 Å². The van der Waals surface area contributed by atoms with Crippen molar-refractivity contribution < 1.29 is 9.85 Å². The third-order valence-corrected chi connectivity index (χ3v) is 3.41. The molecular weight excluding hydrogens is 340 g/mol. The first-order valence-corrected chi connectivity index (χ1v) is 6.64. The third kappa shape index (κ3) is 3.51. The number of hydrogen-bond donors (Lipinski definition) is 0. The summed E-state index contributed by atoms with van der Waals surface area (Å²) in [5, 5.41) is 22.1. The lowest BCUT2D eigenvalue weighted by molar-refractivity contribution is -0.385. The molecule has 0 aliphatic heterocycles. The van der Waals surface area contributed by atoms with E-state index in [4.69, 9.17) is 0 Å². The molecule has 0 atom stereocenters. The van der Waals surface area contributed by atoms with Gasteiger partial charge >= 0.3 is 0 Å². The van der Waals surface area contributed by atoms with Gasteiger partial charge in [-0.05, 0) is 39.7 Å². The summed E-state index contributed by atoms with van der Waals surface area (Å²) in [5.74, 6) is 0. The smallest absolute Gasteiger partial charge is 0.258 e. The average Bonchev–Trinajstić information content (AvgIpc) is 2.46. The first kappa shape index (κ1) is 14.9. The number of hydrogen-bond acceptors (Lipinski definition) is 4. The first-order chi connectivity index (χ1) is 9.99. The van der Waals surface area contributed by atoms with Crippen molar-refractivity contribution in [3.8, 4) is 0 Å². The molecule has 7 heteroatoms. The summed E-state index contributed by atoms with van der Waals surface area (Å²) in [5.41, 5.74) is 0.570. The Balaban J connectivity index is 2.52. The molecule has 0 aliphatic rings. The highest BCUT2D eigenvalue weighted by Gasteiger charge is 2.16. The zero-order valence-corrected chi connectivity index (χ0v) is 12.2. The van der Waals surface area contributed by atoms with Crippen LogP contribution < -0.4 is 0 Å². The zero-order valence-electron chi connectivity index (χ0n) is 10.6. The summed E-state index contributed by atoms with van der Waals surface area (Å²) < 4.78 is 0.326. The molecule has 0 N–H and O–H groups in total. The lowest BCUT2D eigenvalue weighted by Crippen LogP contribution is -1.98. The number of benzene rings is 2. The van der Waals surface area contributed by atoms with Gasteiger partial charge in [0.05, 0.1) is 19.9 Å². The van der Waals surface area contributed by atoms with Crippen molar-refractivity contribution in [2.75, 3.05) is 0 Å². The predicted octanol–water partition coefficient (Wildman–Crippen LogP) is 4.13. The molecule has 0 heterocycles. The van der Waals surface area contributed by atoms with Gasteiger partial charge in [-0.2, -0.15) is 0 Å². The number of nitro groups is 2. The predicted molar refractivity (Wildman–Crippen MR) is 82.1 cm³/mol. The summed E-state index contributed by atoms with van der Waals surface area (Å²) in [7, 11) is 0. The summed E-state index contributed by atoms with van der Waals surface area (Å²) >= 11 is 3.07. The lowest BCUT2D eigenvalue weighted by Gasteiger charge is -2.00. The van der Waals surface area contributed by atoms with Crippen LogP contribution in [0.1, 0.15) is 11.1 Å². The van der Waals surface area contributed by atoms with E-state index >= 15 is 0 Å². The maximum absolute atomic E-state index is 11.2. The van der Waals surface area contributed by atoms with Gasteiger partial charge in [0.25, 0.3) is 11.4 Å². The molecule has 2 aromatic rings. The molecule has 6 nitrogen and oxygen atoms in total. The van der Waals surface area contributed by atoms with E-state index < -0.39 is 9.85 Å². The van der Waals surface area contributed by atoms with Gasteiger partial charge in [-0.15, -0.1) is 0 Å². The molecule has 0 aliphatic carbocycles. The summed E-state index contributed by atoms with van der Waals surface area (Å²) in [6.45, 7) is 0. The quantitative estimate of drug-likeness (QED) is 0.472. The van der Waals surface area contributed by atoms with Crippen molar-refractivity contribution >= 4 is 33.4 Å². The highest BCUT2D eigenvalue weighted by molar-refractivity contribution is 9.10. The number of nitrogens with zero attached hydrogens (tertiary/aromatic N) is 2. The highest BCUT2D eigenvalue weighted by Crippen LogP contribution is 2.27. The van der Waals surface area contributed by atoms with E-state index in [1.54, 1.807) is 36.4 Å². The van der Waals surface area contributed by atoms with Gasteiger partial charge in [-0.3, -0.25) is 20.2 Å². The standard InChI is InChI=1S/C14H9BrN2O4/c15-12-7-6-10(9-14(12)17(20)21)8-13(16(18)19)11-4-2-1-3-5-11/h1-9H. The minimum absolute atomic E-state index is 0.118. The van der Waals surface area contributed by atoms with Crippen LogP contribution in [0.15, 0.2) is 53.0 Å². The molecule has 2 aromatic carbocycles. The van der Waals surface area contributed by atoms with E-state index in [2.05, 4.69) is 15.9 Å². The maximum atomic E-state index is 11.2. The van der Waals surface area contributed by atoms with Crippen LogP contribution in [0.2, 0.25) is 0 Å². The molecule has 0 fully saturated rings. The molecule has 0 spiro atoms. The number of halogens is 1. The van der Waals surface area contributed by atoms with Gasteiger partial charge in [-0.1, -0.05) is 24.3 Å². The van der Waals surface area contributed by atoms with Crippen LogP contribution in [0.25, 0.3) is 11.8 Å². The van der Waals surface area contributed by atoms with E-state index in [0.29, 0.717) is 15.6 Å². The van der Waals surface area contributed by atoms with Crippen molar-refractivity contribution in [1.29, 1.82) is 0 Å². The van der Waals surface area contributed by atoms with E-state index in [9.17, 15) is 20.2 Å². The summed E-state index contributed by atoms with van der Waals surface area (Å²) in [4.78, 5) is 21.0. The Kier molecular flexibility index (Phi) is 4.44. The summed E-state index contributed by atoms with van der Waals surface area (Å²) in [6.07, 6.45) is 1.31. The van der Waals surface area contributed by atoms with Gasteiger partial charge in [0.2, 0.25) is 0 Å². The second-order valence-corrected chi connectivity index (χ2v) is 4.98. The Labute approximate surface area is 128 Å². The van der Waals surface area contributed by atoms with Crippen LogP contribution in [0, 0.1) is 20.2 Å². The molecule has 0 bridgehead atoms. The molecular formula is C14H9BrN2O4. The van der Waals surface area contributed by atoms with Crippen LogP contribution in [0.3, 0.4) is 0 Å². The fourth-order valence-corrected chi connectivity index (χ4v) is 2.16. The van der Waals surface area contributed by atoms with E-state index in [0.717, 1.165) is 0 Å².